The van der Waals surface area contributed by atoms with Crippen molar-refractivity contribution >= 4 is 0 Å². The summed E-state index contributed by atoms with van der Waals surface area (Å²) >= 11 is 0. The fourth-order valence-electron chi connectivity index (χ4n) is 5.35. The van der Waals surface area contributed by atoms with Crippen molar-refractivity contribution in [3.05, 3.63) is 35.9 Å². The molecule has 1 aliphatic heterocycles. The van der Waals surface area contributed by atoms with E-state index in [1.165, 1.54) is 44.3 Å². The molecule has 24 heavy (non-hydrogen) atoms. The summed E-state index contributed by atoms with van der Waals surface area (Å²) in [6, 6.07) is 11.6. The summed E-state index contributed by atoms with van der Waals surface area (Å²) in [5.41, 5.74) is 1.44. The van der Waals surface area contributed by atoms with Crippen LogP contribution in [0.25, 0.3) is 0 Å². The molecule has 3 fully saturated rings. The third-order valence-electron chi connectivity index (χ3n) is 6.61. The van der Waals surface area contributed by atoms with Crippen molar-refractivity contribution in [3.63, 3.8) is 0 Å². The first-order valence-electron chi connectivity index (χ1n) is 9.95. The molecule has 5 unspecified atom stereocenters. The molecule has 1 aromatic rings. The van der Waals surface area contributed by atoms with Gasteiger partial charge in [0, 0.05) is 25.7 Å². The quantitative estimate of drug-likeness (QED) is 0.872. The normalized spacial score (nSPS) is 36.8. The van der Waals surface area contributed by atoms with Crippen molar-refractivity contribution in [1.29, 1.82) is 0 Å². The smallest absolute Gasteiger partial charge is 0.0543 e. The number of fused-ring (bicyclic) bond motifs is 1. The molecule has 0 spiro atoms. The molecule has 0 bridgehead atoms. The van der Waals surface area contributed by atoms with E-state index >= 15 is 0 Å². The Morgan fingerprint density at radius 1 is 1.04 bits per heavy atom. The predicted molar refractivity (Wildman–Crippen MR) is 97.7 cm³/mol. The van der Waals surface area contributed by atoms with Crippen molar-refractivity contribution in [2.24, 2.45) is 17.8 Å². The Morgan fingerprint density at radius 2 is 1.92 bits per heavy atom. The number of benzene rings is 1. The zero-order valence-corrected chi connectivity index (χ0v) is 14.7. The lowest BCUT2D eigenvalue weighted by atomic mass is 9.87. The molecule has 1 saturated heterocycles. The SMILES string of the molecule is OC1CCCC(CNC2CCC3CN(Cc4ccccc4)CC32)C1. The van der Waals surface area contributed by atoms with Gasteiger partial charge in [0.15, 0.2) is 0 Å². The highest BCUT2D eigenvalue weighted by atomic mass is 16.3. The number of nitrogens with one attached hydrogen (secondary N) is 1. The summed E-state index contributed by atoms with van der Waals surface area (Å²) in [6.45, 7) is 4.75. The van der Waals surface area contributed by atoms with Gasteiger partial charge in [-0.25, -0.2) is 0 Å². The van der Waals surface area contributed by atoms with Crippen LogP contribution in [-0.2, 0) is 6.54 Å². The van der Waals surface area contributed by atoms with E-state index in [1.807, 2.05) is 0 Å². The van der Waals surface area contributed by atoms with Gasteiger partial charge in [0.05, 0.1) is 6.10 Å². The molecular weight excluding hydrogens is 296 g/mol. The minimum Gasteiger partial charge on any atom is -0.393 e. The van der Waals surface area contributed by atoms with Crippen molar-refractivity contribution < 1.29 is 5.11 Å². The van der Waals surface area contributed by atoms with Crippen LogP contribution in [0.15, 0.2) is 30.3 Å². The largest absolute Gasteiger partial charge is 0.393 e. The lowest BCUT2D eigenvalue weighted by Crippen LogP contribution is -2.39. The van der Waals surface area contributed by atoms with Crippen molar-refractivity contribution in [1.82, 2.24) is 10.2 Å². The minimum atomic E-state index is -0.0466. The van der Waals surface area contributed by atoms with Gasteiger partial charge in [0.25, 0.3) is 0 Å². The van der Waals surface area contributed by atoms with Crippen LogP contribution in [-0.4, -0.2) is 41.8 Å². The third-order valence-corrected chi connectivity index (χ3v) is 6.61. The molecule has 3 heteroatoms. The number of hydrogen-bond donors (Lipinski definition) is 2. The summed E-state index contributed by atoms with van der Waals surface area (Å²) in [6.07, 6.45) is 7.22. The molecule has 5 atom stereocenters. The van der Waals surface area contributed by atoms with Gasteiger partial charge < -0.3 is 10.4 Å². The molecule has 132 valence electrons. The van der Waals surface area contributed by atoms with E-state index in [0.717, 1.165) is 37.8 Å². The summed E-state index contributed by atoms with van der Waals surface area (Å²) in [5, 5.41) is 13.8. The van der Waals surface area contributed by atoms with Crippen molar-refractivity contribution in [2.45, 2.75) is 57.2 Å². The van der Waals surface area contributed by atoms with E-state index in [2.05, 4.69) is 40.5 Å². The zero-order chi connectivity index (χ0) is 16.4. The van der Waals surface area contributed by atoms with Crippen LogP contribution in [0.5, 0.6) is 0 Å². The first kappa shape index (κ1) is 16.6. The lowest BCUT2D eigenvalue weighted by Gasteiger charge is -2.29. The van der Waals surface area contributed by atoms with Gasteiger partial charge in [-0.15, -0.1) is 0 Å². The van der Waals surface area contributed by atoms with Crippen LogP contribution in [0.3, 0.4) is 0 Å². The fourth-order valence-corrected chi connectivity index (χ4v) is 5.35. The van der Waals surface area contributed by atoms with Crippen LogP contribution in [0, 0.1) is 17.8 Å². The van der Waals surface area contributed by atoms with Crippen LogP contribution in [0.1, 0.15) is 44.1 Å². The zero-order valence-electron chi connectivity index (χ0n) is 14.7. The van der Waals surface area contributed by atoms with E-state index in [9.17, 15) is 5.11 Å². The fraction of sp³-hybridized carbons (Fsp3) is 0.714. The lowest BCUT2D eigenvalue weighted by molar-refractivity contribution is 0.0988. The Kier molecular flexibility index (Phi) is 5.21. The monoisotopic (exact) mass is 328 g/mol. The molecule has 3 nitrogen and oxygen atoms in total. The molecule has 0 amide bonds. The van der Waals surface area contributed by atoms with E-state index < -0.39 is 0 Å². The standard InChI is InChI=1S/C21H32N2O/c24-19-8-4-7-17(11-19)12-22-21-10-9-18-14-23(15-20(18)21)13-16-5-2-1-3-6-16/h1-3,5-6,17-22,24H,4,7-15H2. The maximum Gasteiger partial charge on any atom is 0.0543 e. The van der Waals surface area contributed by atoms with Gasteiger partial charge in [0.2, 0.25) is 0 Å². The topological polar surface area (TPSA) is 35.5 Å². The van der Waals surface area contributed by atoms with E-state index in [-0.39, 0.29) is 6.10 Å². The number of aliphatic hydroxyl groups is 1. The van der Waals surface area contributed by atoms with Crippen LogP contribution in [0.4, 0.5) is 0 Å². The average molecular weight is 329 g/mol. The number of likely N-dealkylation sites (tertiary alicyclic amines) is 1. The molecule has 4 rings (SSSR count). The third kappa shape index (κ3) is 3.84. The number of rotatable bonds is 5. The summed E-state index contributed by atoms with van der Waals surface area (Å²) in [7, 11) is 0. The molecule has 2 aliphatic carbocycles. The van der Waals surface area contributed by atoms with E-state index in [1.54, 1.807) is 0 Å². The highest BCUT2D eigenvalue weighted by molar-refractivity contribution is 5.15. The number of aliphatic hydroxyl groups excluding tert-OH is 1. The number of hydrogen-bond acceptors (Lipinski definition) is 3. The molecule has 2 N–H and O–H groups in total. The molecular formula is C21H32N2O. The molecule has 1 aromatic carbocycles. The highest BCUT2D eigenvalue weighted by Crippen LogP contribution is 2.39. The Balaban J connectivity index is 1.27. The molecule has 0 aromatic heterocycles. The maximum atomic E-state index is 9.86. The van der Waals surface area contributed by atoms with Gasteiger partial charge in [-0.05, 0) is 62.0 Å². The van der Waals surface area contributed by atoms with Crippen molar-refractivity contribution in [3.8, 4) is 0 Å². The van der Waals surface area contributed by atoms with E-state index in [0.29, 0.717) is 12.0 Å². The second kappa shape index (κ2) is 7.55. The van der Waals surface area contributed by atoms with Gasteiger partial charge in [-0.1, -0.05) is 36.8 Å². The predicted octanol–water partition coefficient (Wildman–Crippen LogP) is 3.04. The molecule has 2 saturated carbocycles. The van der Waals surface area contributed by atoms with Crippen LogP contribution >= 0.6 is 0 Å². The summed E-state index contributed by atoms with van der Waals surface area (Å²) in [5.74, 6) is 2.42. The van der Waals surface area contributed by atoms with Gasteiger partial charge in [-0.2, -0.15) is 0 Å². The Labute approximate surface area is 146 Å². The second-order valence-electron chi connectivity index (χ2n) is 8.38. The van der Waals surface area contributed by atoms with E-state index in [4.69, 9.17) is 0 Å². The van der Waals surface area contributed by atoms with Crippen LogP contribution in [0.2, 0.25) is 0 Å². The summed E-state index contributed by atoms with van der Waals surface area (Å²) < 4.78 is 0. The van der Waals surface area contributed by atoms with Crippen molar-refractivity contribution in [2.75, 3.05) is 19.6 Å². The minimum absolute atomic E-state index is 0.0466. The first-order valence-corrected chi connectivity index (χ1v) is 9.95. The van der Waals surface area contributed by atoms with Gasteiger partial charge in [0.1, 0.15) is 0 Å². The molecule has 3 aliphatic rings. The summed E-state index contributed by atoms with van der Waals surface area (Å²) in [4.78, 5) is 2.66. The Morgan fingerprint density at radius 3 is 2.75 bits per heavy atom. The highest BCUT2D eigenvalue weighted by Gasteiger charge is 2.42. The van der Waals surface area contributed by atoms with Gasteiger partial charge in [-0.3, -0.25) is 4.90 Å². The molecule has 1 heterocycles. The second-order valence-corrected chi connectivity index (χ2v) is 8.38. The van der Waals surface area contributed by atoms with Crippen LogP contribution < -0.4 is 5.32 Å². The first-order chi connectivity index (χ1) is 11.8. The molecule has 0 radical (unpaired) electrons. The Bertz CT molecular complexity index is 520. The Hall–Kier alpha value is -0.900. The average Bonchev–Trinajstić information content (AvgIpc) is 3.14. The number of nitrogens with zero attached hydrogens (tertiary/aromatic N) is 1. The maximum absolute atomic E-state index is 9.86. The van der Waals surface area contributed by atoms with Gasteiger partial charge >= 0.3 is 0 Å².